The fraction of sp³-hybridized carbons (Fsp3) is 0.316. The summed E-state index contributed by atoms with van der Waals surface area (Å²) in [7, 11) is 0. The molecule has 0 heterocycles. The second-order valence-electron chi connectivity index (χ2n) is 5.99. The van der Waals surface area contributed by atoms with E-state index >= 15 is 0 Å². The average molecular weight is 347 g/mol. The first-order valence-electron chi connectivity index (χ1n) is 8.04. The van der Waals surface area contributed by atoms with Crippen molar-refractivity contribution in [3.8, 4) is 0 Å². The van der Waals surface area contributed by atoms with E-state index in [4.69, 9.17) is 0 Å². The predicted octanol–water partition coefficient (Wildman–Crippen LogP) is 4.64. The van der Waals surface area contributed by atoms with Gasteiger partial charge in [-0.1, -0.05) is 24.3 Å². The van der Waals surface area contributed by atoms with Crippen molar-refractivity contribution in [2.45, 2.75) is 42.4 Å². The molecule has 0 fully saturated rings. The minimum Gasteiger partial charge on any atom is -0.348 e. The Morgan fingerprint density at radius 2 is 2.04 bits per heavy atom. The maximum absolute atomic E-state index is 13.7. The first kappa shape index (κ1) is 17.0. The van der Waals surface area contributed by atoms with E-state index in [-0.39, 0.29) is 16.8 Å². The number of hydrogen-bond donors (Lipinski definition) is 1. The number of benzene rings is 2. The molecule has 1 N–H and O–H groups in total. The van der Waals surface area contributed by atoms with Gasteiger partial charge in [-0.2, -0.15) is 0 Å². The van der Waals surface area contributed by atoms with E-state index in [2.05, 4.69) is 11.4 Å². The van der Waals surface area contributed by atoms with Gasteiger partial charge in [0.15, 0.2) is 0 Å². The molecule has 0 saturated heterocycles. The first-order valence-corrected chi connectivity index (χ1v) is 8.92. The number of carbonyl (C=O) groups is 1. The third-order valence-electron chi connectivity index (χ3n) is 4.25. The summed E-state index contributed by atoms with van der Waals surface area (Å²) in [5, 5.41) is 2.55. The molecule has 2 nitrogen and oxygen atoms in total. The van der Waals surface area contributed by atoms with Crippen molar-refractivity contribution in [3.63, 3.8) is 0 Å². The molecule has 1 aliphatic rings. The van der Waals surface area contributed by atoms with E-state index in [0.717, 1.165) is 54.8 Å². The highest BCUT2D eigenvalue weighted by molar-refractivity contribution is 8.00. The Kier molecular flexibility index (Phi) is 5.19. The van der Waals surface area contributed by atoms with Crippen molar-refractivity contribution in [1.82, 2.24) is 5.32 Å². The van der Waals surface area contributed by atoms with Crippen LogP contribution in [0.4, 0.5) is 8.78 Å². The van der Waals surface area contributed by atoms with Gasteiger partial charge >= 0.3 is 0 Å². The number of nitrogens with one attached hydrogen (secondary N) is 1. The molecule has 24 heavy (non-hydrogen) atoms. The Labute approximate surface area is 144 Å². The normalized spacial score (nSPS) is 17.9. The van der Waals surface area contributed by atoms with Crippen molar-refractivity contribution >= 4 is 17.7 Å². The van der Waals surface area contributed by atoms with Gasteiger partial charge in [0.25, 0.3) is 0 Å². The van der Waals surface area contributed by atoms with Crippen LogP contribution in [-0.4, -0.2) is 11.2 Å². The molecular weight excluding hydrogens is 328 g/mol. The summed E-state index contributed by atoms with van der Waals surface area (Å²) in [6, 6.07) is 11.4. The minimum atomic E-state index is -0.510. The maximum Gasteiger partial charge on any atom is 0.233 e. The lowest BCUT2D eigenvalue weighted by Gasteiger charge is -2.27. The van der Waals surface area contributed by atoms with Gasteiger partial charge in [0.2, 0.25) is 5.91 Å². The Morgan fingerprint density at radius 3 is 2.88 bits per heavy atom. The molecule has 0 bridgehead atoms. The number of halogens is 2. The molecule has 126 valence electrons. The molecular formula is C19H19F2NOS. The zero-order valence-electron chi connectivity index (χ0n) is 13.4. The van der Waals surface area contributed by atoms with Crippen molar-refractivity contribution in [3.05, 3.63) is 65.2 Å². The van der Waals surface area contributed by atoms with Crippen molar-refractivity contribution < 1.29 is 13.6 Å². The summed E-state index contributed by atoms with van der Waals surface area (Å²) in [6.07, 6.45) is 2.96. The van der Waals surface area contributed by atoms with Crippen LogP contribution in [0.2, 0.25) is 0 Å². The van der Waals surface area contributed by atoms with E-state index in [1.54, 1.807) is 6.92 Å². The lowest BCUT2D eigenvalue weighted by molar-refractivity contribution is -0.121. The minimum absolute atomic E-state index is 0.0112. The highest BCUT2D eigenvalue weighted by atomic mass is 32.2. The molecule has 0 unspecified atom stereocenters. The molecule has 0 aromatic heterocycles. The van der Waals surface area contributed by atoms with Gasteiger partial charge in [0.05, 0.1) is 11.3 Å². The maximum atomic E-state index is 13.7. The largest absolute Gasteiger partial charge is 0.348 e. The van der Waals surface area contributed by atoms with Crippen LogP contribution in [0.5, 0.6) is 0 Å². The highest BCUT2D eigenvalue weighted by Gasteiger charge is 2.24. The molecule has 1 aliphatic carbocycles. The lowest BCUT2D eigenvalue weighted by atomic mass is 9.88. The molecule has 3 rings (SSSR count). The third-order valence-corrected chi connectivity index (χ3v) is 5.39. The summed E-state index contributed by atoms with van der Waals surface area (Å²) >= 11 is 1.04. The van der Waals surface area contributed by atoms with Gasteiger partial charge in [0, 0.05) is 4.90 Å². The Bertz CT molecular complexity index is 750. The monoisotopic (exact) mass is 347 g/mol. The highest BCUT2D eigenvalue weighted by Crippen LogP contribution is 2.31. The van der Waals surface area contributed by atoms with Gasteiger partial charge in [-0.15, -0.1) is 11.8 Å². The average Bonchev–Trinajstić information content (AvgIpc) is 2.58. The SMILES string of the molecule is C[C@H](Sc1cc(F)ccc1F)C(=O)N[C@H]1CCCc2ccccc21. The number of fused-ring (bicyclic) bond motifs is 1. The van der Waals surface area contributed by atoms with Gasteiger partial charge in [-0.3, -0.25) is 4.79 Å². The zero-order chi connectivity index (χ0) is 17.1. The van der Waals surface area contributed by atoms with Gasteiger partial charge in [-0.05, 0) is 55.5 Å². The Balaban J connectivity index is 1.68. The van der Waals surface area contributed by atoms with Crippen LogP contribution < -0.4 is 5.32 Å². The standard InChI is InChI=1S/C19H19F2NOS/c1-12(24-18-11-14(20)9-10-16(18)21)19(23)22-17-8-4-6-13-5-2-3-7-15(13)17/h2-3,5,7,9-12,17H,4,6,8H2,1H3,(H,22,23)/t12-,17-/m0/s1. The van der Waals surface area contributed by atoms with Crippen LogP contribution in [-0.2, 0) is 11.2 Å². The number of carbonyl (C=O) groups excluding carboxylic acids is 1. The molecule has 2 aromatic carbocycles. The lowest BCUT2D eigenvalue weighted by Crippen LogP contribution is -2.35. The van der Waals surface area contributed by atoms with E-state index in [1.165, 1.54) is 5.56 Å². The molecule has 5 heteroatoms. The summed E-state index contributed by atoms with van der Waals surface area (Å²) in [4.78, 5) is 12.6. The van der Waals surface area contributed by atoms with E-state index in [0.29, 0.717) is 0 Å². The van der Waals surface area contributed by atoms with Crippen LogP contribution in [0.15, 0.2) is 47.4 Å². The fourth-order valence-electron chi connectivity index (χ4n) is 3.00. The van der Waals surface area contributed by atoms with Gasteiger partial charge in [-0.25, -0.2) is 8.78 Å². The summed E-state index contributed by atoms with van der Waals surface area (Å²) in [6.45, 7) is 1.71. The zero-order valence-corrected chi connectivity index (χ0v) is 14.2. The van der Waals surface area contributed by atoms with Crippen LogP contribution in [0, 0.1) is 11.6 Å². The van der Waals surface area contributed by atoms with Crippen LogP contribution >= 0.6 is 11.8 Å². The van der Waals surface area contributed by atoms with Crippen molar-refractivity contribution in [1.29, 1.82) is 0 Å². The summed E-state index contributed by atoms with van der Waals surface area (Å²) in [5.74, 6) is -1.18. The van der Waals surface area contributed by atoms with E-state index in [1.807, 2.05) is 18.2 Å². The second-order valence-corrected chi connectivity index (χ2v) is 7.37. The van der Waals surface area contributed by atoms with Crippen LogP contribution in [0.1, 0.15) is 36.9 Å². The van der Waals surface area contributed by atoms with Crippen molar-refractivity contribution in [2.24, 2.45) is 0 Å². The molecule has 0 saturated carbocycles. The second kappa shape index (κ2) is 7.34. The number of hydrogen-bond acceptors (Lipinski definition) is 2. The Hall–Kier alpha value is -1.88. The topological polar surface area (TPSA) is 29.1 Å². The summed E-state index contributed by atoms with van der Waals surface area (Å²) < 4.78 is 27.0. The molecule has 2 atom stereocenters. The number of amides is 1. The third kappa shape index (κ3) is 3.78. The van der Waals surface area contributed by atoms with Gasteiger partial charge < -0.3 is 5.32 Å². The molecule has 0 spiro atoms. The van der Waals surface area contributed by atoms with Gasteiger partial charge in [0.1, 0.15) is 11.6 Å². The van der Waals surface area contributed by atoms with Crippen molar-refractivity contribution in [2.75, 3.05) is 0 Å². The molecule has 1 amide bonds. The smallest absolute Gasteiger partial charge is 0.233 e. The summed E-state index contributed by atoms with van der Waals surface area (Å²) in [5.41, 5.74) is 2.43. The number of thioether (sulfide) groups is 1. The van der Waals surface area contributed by atoms with E-state index < -0.39 is 16.9 Å². The molecule has 0 aliphatic heterocycles. The first-order chi connectivity index (χ1) is 11.5. The Morgan fingerprint density at radius 1 is 1.25 bits per heavy atom. The number of aryl methyl sites for hydroxylation is 1. The van der Waals surface area contributed by atoms with Crippen LogP contribution in [0.3, 0.4) is 0 Å². The number of rotatable bonds is 4. The van der Waals surface area contributed by atoms with Crippen LogP contribution in [0.25, 0.3) is 0 Å². The quantitative estimate of drug-likeness (QED) is 0.817. The molecule has 2 aromatic rings. The fourth-order valence-corrected chi connectivity index (χ4v) is 3.92. The van der Waals surface area contributed by atoms with E-state index in [9.17, 15) is 13.6 Å². The molecule has 0 radical (unpaired) electrons. The predicted molar refractivity (Wildman–Crippen MR) is 91.9 cm³/mol.